The van der Waals surface area contributed by atoms with Gasteiger partial charge in [0.25, 0.3) is 0 Å². The van der Waals surface area contributed by atoms with Gasteiger partial charge >= 0.3 is 0 Å². The fraction of sp³-hybridized carbons (Fsp3) is 0.579. The number of rotatable bonds is 6. The normalized spacial score (nSPS) is 23.2. The number of hydrogen-bond donors (Lipinski definition) is 0. The lowest BCUT2D eigenvalue weighted by atomic mass is 9.77. The van der Waals surface area contributed by atoms with E-state index in [-0.39, 0.29) is 0 Å². The van der Waals surface area contributed by atoms with Crippen LogP contribution in [0.2, 0.25) is 0 Å². The van der Waals surface area contributed by atoms with Crippen molar-refractivity contribution in [3.05, 3.63) is 48.0 Å². The summed E-state index contributed by atoms with van der Waals surface area (Å²) in [6, 6.07) is 9.35. The van der Waals surface area contributed by atoms with Crippen LogP contribution in [0, 0.1) is 5.92 Å². The molecule has 0 heterocycles. The molecular weight excluding hydrogens is 228 g/mol. The molecule has 0 unspecified atom stereocenters. The third-order valence-corrected chi connectivity index (χ3v) is 4.73. The van der Waals surface area contributed by atoms with Crippen LogP contribution < -0.4 is 0 Å². The first kappa shape index (κ1) is 14.4. The molecule has 0 heteroatoms. The van der Waals surface area contributed by atoms with E-state index in [0.29, 0.717) is 0 Å². The molecule has 19 heavy (non-hydrogen) atoms. The van der Waals surface area contributed by atoms with Gasteiger partial charge in [-0.25, -0.2) is 0 Å². The summed E-state index contributed by atoms with van der Waals surface area (Å²) in [5.74, 6) is 1.80. The molecular formula is C19H28. The summed E-state index contributed by atoms with van der Waals surface area (Å²) in [4.78, 5) is 0. The number of aryl methyl sites for hydroxylation is 1. The van der Waals surface area contributed by atoms with Crippen molar-refractivity contribution in [1.82, 2.24) is 0 Å². The largest absolute Gasteiger partial charge is 0.103 e. The van der Waals surface area contributed by atoms with Crippen LogP contribution in [-0.2, 0) is 6.42 Å². The smallest absolute Gasteiger partial charge is 0.0162 e. The lowest BCUT2D eigenvalue weighted by molar-refractivity contribution is 0.305. The van der Waals surface area contributed by atoms with Crippen molar-refractivity contribution < 1.29 is 0 Å². The lowest BCUT2D eigenvalue weighted by Crippen LogP contribution is -2.13. The van der Waals surface area contributed by atoms with Crippen molar-refractivity contribution in [2.24, 2.45) is 5.92 Å². The Bertz CT molecular complexity index is 366. The topological polar surface area (TPSA) is 0 Å². The van der Waals surface area contributed by atoms with Gasteiger partial charge in [-0.15, -0.1) is 6.58 Å². The van der Waals surface area contributed by atoms with Gasteiger partial charge in [0.1, 0.15) is 0 Å². The molecule has 0 radical (unpaired) electrons. The van der Waals surface area contributed by atoms with E-state index < -0.39 is 0 Å². The van der Waals surface area contributed by atoms with Crippen LogP contribution in [0.15, 0.2) is 36.9 Å². The summed E-state index contributed by atoms with van der Waals surface area (Å²) in [5, 5.41) is 0. The van der Waals surface area contributed by atoms with Gasteiger partial charge in [0.05, 0.1) is 0 Å². The van der Waals surface area contributed by atoms with Crippen LogP contribution in [0.5, 0.6) is 0 Å². The second kappa shape index (κ2) is 7.53. The van der Waals surface area contributed by atoms with Crippen LogP contribution in [0.4, 0.5) is 0 Å². The van der Waals surface area contributed by atoms with Gasteiger partial charge in [0.2, 0.25) is 0 Å². The molecule has 0 spiro atoms. The molecule has 1 aliphatic carbocycles. The summed E-state index contributed by atoms with van der Waals surface area (Å²) in [6.45, 7) is 6.03. The monoisotopic (exact) mass is 256 g/mol. The highest BCUT2D eigenvalue weighted by molar-refractivity contribution is 5.25. The van der Waals surface area contributed by atoms with Gasteiger partial charge in [-0.1, -0.05) is 43.7 Å². The predicted molar refractivity (Wildman–Crippen MR) is 84.6 cm³/mol. The Balaban J connectivity index is 1.80. The average molecular weight is 256 g/mol. The van der Waals surface area contributed by atoms with E-state index >= 15 is 0 Å². The van der Waals surface area contributed by atoms with Crippen molar-refractivity contribution in [3.63, 3.8) is 0 Å². The van der Waals surface area contributed by atoms with Crippen LogP contribution >= 0.6 is 0 Å². The fourth-order valence-electron chi connectivity index (χ4n) is 3.36. The van der Waals surface area contributed by atoms with Gasteiger partial charge in [-0.05, 0) is 67.9 Å². The molecule has 0 aliphatic heterocycles. The zero-order valence-corrected chi connectivity index (χ0v) is 12.4. The second-order valence-corrected chi connectivity index (χ2v) is 6.03. The minimum Gasteiger partial charge on any atom is -0.103 e. The van der Waals surface area contributed by atoms with Crippen molar-refractivity contribution in [3.8, 4) is 0 Å². The first-order chi connectivity index (χ1) is 9.33. The standard InChI is InChI=1S/C19H28/c1-3-5-6-7-17-10-14-19(15-11-17)18-12-8-16(4-2)9-13-18/h3,8-9,12-13,17,19H,1,4-7,10-11,14-15H2,2H3/t17-,19-. The Hall–Kier alpha value is -1.04. The summed E-state index contributed by atoms with van der Waals surface area (Å²) < 4.78 is 0. The Kier molecular flexibility index (Phi) is 5.69. The highest BCUT2D eigenvalue weighted by Gasteiger charge is 2.21. The van der Waals surface area contributed by atoms with Crippen LogP contribution in [0.25, 0.3) is 0 Å². The van der Waals surface area contributed by atoms with Gasteiger partial charge in [0.15, 0.2) is 0 Å². The second-order valence-electron chi connectivity index (χ2n) is 6.03. The van der Waals surface area contributed by atoms with E-state index in [0.717, 1.165) is 18.3 Å². The molecule has 104 valence electrons. The molecule has 0 N–H and O–H groups in total. The first-order valence-corrected chi connectivity index (χ1v) is 8.03. The summed E-state index contributed by atoms with van der Waals surface area (Å²) >= 11 is 0. The first-order valence-electron chi connectivity index (χ1n) is 8.03. The Morgan fingerprint density at radius 2 is 1.79 bits per heavy atom. The molecule has 1 aromatic carbocycles. The summed E-state index contributed by atoms with van der Waals surface area (Å²) in [5.41, 5.74) is 3.03. The minimum atomic E-state index is 0.821. The van der Waals surface area contributed by atoms with Crippen LogP contribution in [-0.4, -0.2) is 0 Å². The van der Waals surface area contributed by atoms with E-state index in [9.17, 15) is 0 Å². The predicted octanol–water partition coefficient (Wildman–Crippen LogP) is 5.88. The third kappa shape index (κ3) is 4.23. The zero-order valence-electron chi connectivity index (χ0n) is 12.4. The van der Waals surface area contributed by atoms with E-state index in [1.807, 2.05) is 0 Å². The molecule has 1 saturated carbocycles. The van der Waals surface area contributed by atoms with E-state index in [4.69, 9.17) is 0 Å². The third-order valence-electron chi connectivity index (χ3n) is 4.73. The highest BCUT2D eigenvalue weighted by atomic mass is 14.3. The molecule has 0 atom stereocenters. The van der Waals surface area contributed by atoms with E-state index in [2.05, 4.69) is 43.8 Å². The number of hydrogen-bond acceptors (Lipinski definition) is 0. The minimum absolute atomic E-state index is 0.821. The van der Waals surface area contributed by atoms with Crippen LogP contribution in [0.3, 0.4) is 0 Å². The quantitative estimate of drug-likeness (QED) is 0.440. The SMILES string of the molecule is C=CCCC[C@H]1CC[C@H](c2ccc(CC)cc2)CC1. The van der Waals surface area contributed by atoms with E-state index in [1.54, 1.807) is 5.56 Å². The average Bonchev–Trinajstić information content (AvgIpc) is 2.48. The number of unbranched alkanes of at least 4 members (excludes halogenated alkanes) is 1. The molecule has 0 amide bonds. The maximum atomic E-state index is 3.81. The Labute approximate surface area is 118 Å². The van der Waals surface area contributed by atoms with Crippen LogP contribution in [0.1, 0.15) is 68.9 Å². The zero-order chi connectivity index (χ0) is 13.5. The number of allylic oxidation sites excluding steroid dienone is 1. The van der Waals surface area contributed by atoms with Gasteiger partial charge in [0, 0.05) is 0 Å². The maximum Gasteiger partial charge on any atom is -0.0162 e. The van der Waals surface area contributed by atoms with Crippen molar-refractivity contribution in [2.75, 3.05) is 0 Å². The lowest BCUT2D eigenvalue weighted by Gasteiger charge is -2.29. The van der Waals surface area contributed by atoms with Gasteiger partial charge < -0.3 is 0 Å². The van der Waals surface area contributed by atoms with E-state index in [1.165, 1.54) is 50.5 Å². The van der Waals surface area contributed by atoms with Crippen molar-refractivity contribution >= 4 is 0 Å². The summed E-state index contributed by atoms with van der Waals surface area (Å²) in [6.07, 6.45) is 12.8. The number of benzene rings is 1. The fourth-order valence-corrected chi connectivity index (χ4v) is 3.36. The van der Waals surface area contributed by atoms with Crippen molar-refractivity contribution in [1.29, 1.82) is 0 Å². The molecule has 0 nitrogen and oxygen atoms in total. The maximum absolute atomic E-state index is 3.81. The highest BCUT2D eigenvalue weighted by Crippen LogP contribution is 2.37. The molecule has 1 aromatic rings. The molecule has 1 fully saturated rings. The Morgan fingerprint density at radius 3 is 2.37 bits per heavy atom. The van der Waals surface area contributed by atoms with Crippen molar-refractivity contribution in [2.45, 2.75) is 64.2 Å². The van der Waals surface area contributed by atoms with Gasteiger partial charge in [-0.2, -0.15) is 0 Å². The summed E-state index contributed by atoms with van der Waals surface area (Å²) in [7, 11) is 0. The Morgan fingerprint density at radius 1 is 1.11 bits per heavy atom. The van der Waals surface area contributed by atoms with Gasteiger partial charge in [-0.3, -0.25) is 0 Å². The molecule has 0 aromatic heterocycles. The molecule has 0 saturated heterocycles. The molecule has 0 bridgehead atoms. The molecule has 1 aliphatic rings. The molecule has 2 rings (SSSR count).